The van der Waals surface area contributed by atoms with Gasteiger partial charge in [-0.25, -0.2) is 4.79 Å². The molecule has 0 aliphatic heterocycles. The lowest BCUT2D eigenvalue weighted by atomic mass is 10.1. The summed E-state index contributed by atoms with van der Waals surface area (Å²) in [6.45, 7) is 3.83. The molecule has 0 bridgehead atoms. The molecule has 1 aromatic carbocycles. The fourth-order valence-electron chi connectivity index (χ4n) is 1.54. The van der Waals surface area contributed by atoms with Gasteiger partial charge in [-0.05, 0) is 32.0 Å². The van der Waals surface area contributed by atoms with E-state index in [1.807, 2.05) is 13.8 Å². The van der Waals surface area contributed by atoms with Crippen LogP contribution in [-0.2, 0) is 9.53 Å². The number of esters is 1. The SMILES string of the molecule is COC(=O)c1cc(N)ccc1NCC(=O)NC(C)C. The van der Waals surface area contributed by atoms with Crippen LogP contribution in [0.25, 0.3) is 0 Å². The molecular weight excluding hydrogens is 246 g/mol. The van der Waals surface area contributed by atoms with Crippen molar-refractivity contribution in [1.29, 1.82) is 0 Å². The largest absolute Gasteiger partial charge is 0.465 e. The second-order valence-corrected chi connectivity index (χ2v) is 4.37. The summed E-state index contributed by atoms with van der Waals surface area (Å²) >= 11 is 0. The van der Waals surface area contributed by atoms with Gasteiger partial charge in [-0.2, -0.15) is 0 Å². The first-order valence-electron chi connectivity index (χ1n) is 5.95. The van der Waals surface area contributed by atoms with E-state index >= 15 is 0 Å². The number of methoxy groups -OCH3 is 1. The number of nitrogens with two attached hydrogens (primary N) is 1. The van der Waals surface area contributed by atoms with E-state index < -0.39 is 5.97 Å². The van der Waals surface area contributed by atoms with Gasteiger partial charge in [0.05, 0.1) is 19.2 Å². The minimum absolute atomic E-state index is 0.0702. The topological polar surface area (TPSA) is 93.4 Å². The van der Waals surface area contributed by atoms with Crippen LogP contribution in [0.4, 0.5) is 11.4 Å². The molecular formula is C13H19N3O3. The van der Waals surface area contributed by atoms with Crippen molar-refractivity contribution in [2.75, 3.05) is 24.7 Å². The van der Waals surface area contributed by atoms with Crippen molar-refractivity contribution in [2.24, 2.45) is 0 Å². The number of benzene rings is 1. The number of hydrogen-bond donors (Lipinski definition) is 3. The number of nitrogens with one attached hydrogen (secondary N) is 2. The molecule has 0 aliphatic carbocycles. The summed E-state index contributed by atoms with van der Waals surface area (Å²) in [5, 5.41) is 5.64. The number of amides is 1. The molecule has 104 valence electrons. The van der Waals surface area contributed by atoms with Crippen LogP contribution in [0.2, 0.25) is 0 Å². The Morgan fingerprint density at radius 3 is 2.63 bits per heavy atom. The van der Waals surface area contributed by atoms with Crippen LogP contribution in [0, 0.1) is 0 Å². The summed E-state index contributed by atoms with van der Waals surface area (Å²) in [4.78, 5) is 23.1. The summed E-state index contributed by atoms with van der Waals surface area (Å²) in [6, 6.07) is 4.87. The van der Waals surface area contributed by atoms with E-state index in [1.54, 1.807) is 12.1 Å². The maximum absolute atomic E-state index is 11.6. The standard InChI is InChI=1S/C13H19N3O3/c1-8(2)16-12(17)7-15-11-5-4-9(14)6-10(11)13(18)19-3/h4-6,8,15H,7,14H2,1-3H3,(H,16,17). The molecule has 1 rings (SSSR count). The molecule has 0 heterocycles. The molecule has 1 amide bonds. The molecule has 6 heteroatoms. The predicted molar refractivity (Wildman–Crippen MR) is 74.0 cm³/mol. The first-order valence-corrected chi connectivity index (χ1v) is 5.95. The average molecular weight is 265 g/mol. The van der Waals surface area contributed by atoms with Gasteiger partial charge in [-0.3, -0.25) is 4.79 Å². The highest BCUT2D eigenvalue weighted by Crippen LogP contribution is 2.19. The molecule has 0 unspecified atom stereocenters. The Bertz CT molecular complexity index is 472. The average Bonchev–Trinajstić information content (AvgIpc) is 2.35. The van der Waals surface area contributed by atoms with E-state index in [9.17, 15) is 9.59 Å². The van der Waals surface area contributed by atoms with Crippen LogP contribution < -0.4 is 16.4 Å². The van der Waals surface area contributed by atoms with Crippen LogP contribution in [0.3, 0.4) is 0 Å². The van der Waals surface area contributed by atoms with Crippen LogP contribution in [-0.4, -0.2) is 31.6 Å². The van der Waals surface area contributed by atoms with Crippen molar-refractivity contribution in [3.05, 3.63) is 23.8 Å². The zero-order valence-electron chi connectivity index (χ0n) is 11.3. The smallest absolute Gasteiger partial charge is 0.340 e. The van der Waals surface area contributed by atoms with Gasteiger partial charge in [0.15, 0.2) is 0 Å². The van der Waals surface area contributed by atoms with E-state index in [0.29, 0.717) is 16.9 Å². The minimum atomic E-state index is -0.501. The number of anilines is 2. The van der Waals surface area contributed by atoms with E-state index in [0.717, 1.165) is 0 Å². The lowest BCUT2D eigenvalue weighted by Gasteiger charge is -2.13. The van der Waals surface area contributed by atoms with Gasteiger partial charge in [0.1, 0.15) is 0 Å². The molecule has 6 nitrogen and oxygen atoms in total. The lowest BCUT2D eigenvalue weighted by molar-refractivity contribution is -0.119. The summed E-state index contributed by atoms with van der Waals surface area (Å²) < 4.78 is 4.67. The van der Waals surface area contributed by atoms with Crippen LogP contribution in [0.15, 0.2) is 18.2 Å². The zero-order chi connectivity index (χ0) is 14.4. The second-order valence-electron chi connectivity index (χ2n) is 4.37. The molecule has 0 spiro atoms. The van der Waals surface area contributed by atoms with E-state index in [4.69, 9.17) is 5.73 Å². The number of nitrogen functional groups attached to an aromatic ring is 1. The highest BCUT2D eigenvalue weighted by Gasteiger charge is 2.13. The van der Waals surface area contributed by atoms with Gasteiger partial charge in [-0.15, -0.1) is 0 Å². The summed E-state index contributed by atoms with van der Waals surface area (Å²) in [7, 11) is 1.29. The lowest BCUT2D eigenvalue weighted by Crippen LogP contribution is -2.35. The predicted octanol–water partition coefficient (Wildman–Crippen LogP) is 0.992. The molecule has 0 atom stereocenters. The summed E-state index contributed by atoms with van der Waals surface area (Å²) in [6.07, 6.45) is 0. The summed E-state index contributed by atoms with van der Waals surface area (Å²) in [5.41, 5.74) is 6.90. The molecule has 0 saturated carbocycles. The molecule has 19 heavy (non-hydrogen) atoms. The van der Waals surface area contributed by atoms with Crippen molar-refractivity contribution in [3.63, 3.8) is 0 Å². The number of carbonyl (C=O) groups excluding carboxylic acids is 2. The van der Waals surface area contributed by atoms with Crippen molar-refractivity contribution >= 4 is 23.3 Å². The fraction of sp³-hybridized carbons (Fsp3) is 0.385. The normalized spacial score (nSPS) is 10.1. The number of ether oxygens (including phenoxy) is 1. The van der Waals surface area contributed by atoms with Gasteiger partial charge in [0.2, 0.25) is 5.91 Å². The maximum atomic E-state index is 11.6. The van der Waals surface area contributed by atoms with Crippen LogP contribution >= 0.6 is 0 Å². The zero-order valence-corrected chi connectivity index (χ0v) is 11.3. The highest BCUT2D eigenvalue weighted by molar-refractivity contribution is 5.97. The van der Waals surface area contributed by atoms with Gasteiger partial charge in [-0.1, -0.05) is 0 Å². The van der Waals surface area contributed by atoms with E-state index in [1.165, 1.54) is 13.2 Å². The van der Waals surface area contributed by atoms with Crippen LogP contribution in [0.1, 0.15) is 24.2 Å². The first-order chi connectivity index (χ1) is 8.93. The van der Waals surface area contributed by atoms with Gasteiger partial charge in [0, 0.05) is 17.4 Å². The molecule has 0 saturated heterocycles. The number of carbonyl (C=O) groups is 2. The second kappa shape index (κ2) is 6.63. The third-order valence-corrected chi connectivity index (χ3v) is 2.34. The number of rotatable bonds is 5. The van der Waals surface area contributed by atoms with Crippen molar-refractivity contribution < 1.29 is 14.3 Å². The quantitative estimate of drug-likeness (QED) is 0.545. The van der Waals surface area contributed by atoms with Crippen molar-refractivity contribution in [1.82, 2.24) is 5.32 Å². The fourth-order valence-corrected chi connectivity index (χ4v) is 1.54. The van der Waals surface area contributed by atoms with Crippen molar-refractivity contribution in [3.8, 4) is 0 Å². The summed E-state index contributed by atoms with van der Waals surface area (Å²) in [5.74, 6) is -0.651. The van der Waals surface area contributed by atoms with Gasteiger partial charge >= 0.3 is 5.97 Å². The Kier molecular flexibility index (Phi) is 5.17. The maximum Gasteiger partial charge on any atom is 0.340 e. The van der Waals surface area contributed by atoms with Gasteiger partial charge in [0.25, 0.3) is 0 Å². The minimum Gasteiger partial charge on any atom is -0.465 e. The molecule has 0 fully saturated rings. The van der Waals surface area contributed by atoms with Crippen LogP contribution in [0.5, 0.6) is 0 Å². The Labute approximate surface area is 112 Å². The number of hydrogen-bond acceptors (Lipinski definition) is 5. The Morgan fingerprint density at radius 1 is 1.37 bits per heavy atom. The molecule has 0 radical (unpaired) electrons. The first kappa shape index (κ1) is 14.8. The van der Waals surface area contributed by atoms with E-state index in [-0.39, 0.29) is 18.5 Å². The molecule has 0 aromatic heterocycles. The molecule has 4 N–H and O–H groups in total. The Morgan fingerprint density at radius 2 is 2.05 bits per heavy atom. The Hall–Kier alpha value is -2.24. The third-order valence-electron chi connectivity index (χ3n) is 2.34. The van der Waals surface area contributed by atoms with Crippen molar-refractivity contribution in [2.45, 2.75) is 19.9 Å². The molecule has 0 aliphatic rings. The molecule has 1 aromatic rings. The highest BCUT2D eigenvalue weighted by atomic mass is 16.5. The van der Waals surface area contributed by atoms with Gasteiger partial charge < -0.3 is 21.1 Å². The monoisotopic (exact) mass is 265 g/mol. The van der Waals surface area contributed by atoms with E-state index in [2.05, 4.69) is 15.4 Å². The Balaban J connectivity index is 2.78. The third kappa shape index (κ3) is 4.50.